The van der Waals surface area contributed by atoms with Gasteiger partial charge in [0, 0.05) is 5.69 Å². The topological polar surface area (TPSA) is 84.9 Å². The van der Waals surface area contributed by atoms with Gasteiger partial charge >= 0.3 is 12.3 Å². The first kappa shape index (κ1) is 17.2. The molecule has 1 aromatic carbocycles. The van der Waals surface area contributed by atoms with Crippen LogP contribution in [0.5, 0.6) is 5.75 Å². The van der Waals surface area contributed by atoms with Gasteiger partial charge in [-0.05, 0) is 34.1 Å². The van der Waals surface area contributed by atoms with Crippen molar-refractivity contribution in [1.29, 1.82) is 0 Å². The summed E-state index contributed by atoms with van der Waals surface area (Å²) >= 11 is 2.88. The molecule has 1 aromatic rings. The molecule has 0 saturated carbocycles. The number of carboxylic acids is 1. The molecule has 1 rings (SSSR count). The first-order valence-corrected chi connectivity index (χ1v) is 6.11. The molecule has 6 nitrogen and oxygen atoms in total. The molecule has 0 heterocycles. The number of amides is 1. The van der Waals surface area contributed by atoms with Gasteiger partial charge in [-0.3, -0.25) is 4.79 Å². The zero-order valence-corrected chi connectivity index (χ0v) is 11.8. The van der Waals surface area contributed by atoms with Crippen LogP contribution in [0.4, 0.5) is 18.9 Å². The molecule has 21 heavy (non-hydrogen) atoms. The molecular weight excluding hydrogens is 363 g/mol. The number of rotatable bonds is 6. The predicted molar refractivity (Wildman–Crippen MR) is 67.9 cm³/mol. The predicted octanol–water partition coefficient (Wildman–Crippen LogP) is 2.39. The van der Waals surface area contributed by atoms with Crippen LogP contribution in [0.1, 0.15) is 0 Å². The van der Waals surface area contributed by atoms with E-state index in [0.717, 1.165) is 6.07 Å². The van der Waals surface area contributed by atoms with Crippen molar-refractivity contribution in [2.45, 2.75) is 6.36 Å². The Balaban J connectivity index is 2.59. The van der Waals surface area contributed by atoms with Crippen molar-refractivity contribution in [2.75, 3.05) is 18.5 Å². The minimum atomic E-state index is -4.82. The van der Waals surface area contributed by atoms with Crippen LogP contribution in [0.15, 0.2) is 22.7 Å². The van der Waals surface area contributed by atoms with Crippen molar-refractivity contribution in [1.82, 2.24) is 0 Å². The molecule has 0 aromatic heterocycles. The average molecular weight is 372 g/mol. The Morgan fingerprint density at radius 2 is 1.95 bits per heavy atom. The van der Waals surface area contributed by atoms with Crippen LogP contribution in [0.25, 0.3) is 0 Å². The normalized spacial score (nSPS) is 11.0. The second-order valence-electron chi connectivity index (χ2n) is 3.63. The van der Waals surface area contributed by atoms with Crippen LogP contribution in [-0.4, -0.2) is 36.6 Å². The summed E-state index contributed by atoms with van der Waals surface area (Å²) in [6.07, 6.45) is -4.82. The van der Waals surface area contributed by atoms with Gasteiger partial charge in [-0.1, -0.05) is 0 Å². The number of carboxylic acid groups (broad SMARTS) is 1. The molecule has 0 spiro atoms. The maximum atomic E-state index is 12.1. The quantitative estimate of drug-likeness (QED) is 0.801. The van der Waals surface area contributed by atoms with Crippen LogP contribution in [0.2, 0.25) is 0 Å². The summed E-state index contributed by atoms with van der Waals surface area (Å²) in [5.74, 6) is -2.32. The summed E-state index contributed by atoms with van der Waals surface area (Å²) in [7, 11) is 0. The van der Waals surface area contributed by atoms with E-state index in [-0.39, 0.29) is 10.2 Å². The number of alkyl halides is 3. The lowest BCUT2D eigenvalue weighted by Gasteiger charge is -2.12. The third-order valence-corrected chi connectivity index (χ3v) is 2.52. The zero-order chi connectivity index (χ0) is 16.0. The smallest absolute Gasteiger partial charge is 0.480 e. The number of carbonyl (C=O) groups excluding carboxylic acids is 1. The Morgan fingerprint density at radius 1 is 1.29 bits per heavy atom. The van der Waals surface area contributed by atoms with Crippen molar-refractivity contribution in [3.8, 4) is 5.75 Å². The molecular formula is C11H9BrF3NO5. The fourth-order valence-corrected chi connectivity index (χ4v) is 1.67. The maximum absolute atomic E-state index is 12.1. The fraction of sp³-hybridized carbons (Fsp3) is 0.273. The lowest BCUT2D eigenvalue weighted by Crippen LogP contribution is -2.21. The van der Waals surface area contributed by atoms with E-state index in [0.29, 0.717) is 0 Å². The summed E-state index contributed by atoms with van der Waals surface area (Å²) in [6, 6.07) is 3.42. The summed E-state index contributed by atoms with van der Waals surface area (Å²) in [5, 5.41) is 10.6. The molecule has 0 bridgehead atoms. The Morgan fingerprint density at radius 3 is 2.48 bits per heavy atom. The van der Waals surface area contributed by atoms with Gasteiger partial charge in [-0.2, -0.15) is 0 Å². The van der Waals surface area contributed by atoms with Crippen molar-refractivity contribution in [3.05, 3.63) is 22.7 Å². The standard InChI is InChI=1S/C11H9BrF3NO5/c12-7-3-6(1-2-8(7)21-11(13,14)15)16-9(17)4-20-5-10(18)19/h1-3H,4-5H2,(H,16,17)(H,18,19). The number of benzene rings is 1. The Hall–Kier alpha value is -1.81. The van der Waals surface area contributed by atoms with Crippen LogP contribution in [0.3, 0.4) is 0 Å². The Bertz CT molecular complexity index is 535. The first-order chi connectivity index (χ1) is 9.67. The van der Waals surface area contributed by atoms with Crippen molar-refractivity contribution in [3.63, 3.8) is 0 Å². The average Bonchev–Trinajstić information content (AvgIpc) is 2.30. The molecule has 0 fully saturated rings. The molecule has 0 saturated heterocycles. The van der Waals surface area contributed by atoms with Crippen LogP contribution >= 0.6 is 15.9 Å². The number of hydrogen-bond donors (Lipinski definition) is 2. The molecule has 0 radical (unpaired) electrons. The number of anilines is 1. The second-order valence-corrected chi connectivity index (χ2v) is 4.48. The fourth-order valence-electron chi connectivity index (χ4n) is 1.21. The number of aliphatic carboxylic acids is 1. The van der Waals surface area contributed by atoms with E-state index < -0.39 is 37.2 Å². The first-order valence-electron chi connectivity index (χ1n) is 5.32. The van der Waals surface area contributed by atoms with Crippen LogP contribution in [0, 0.1) is 0 Å². The summed E-state index contributed by atoms with van der Waals surface area (Å²) < 4.78 is 44.5. The molecule has 0 aliphatic heterocycles. The highest BCUT2D eigenvalue weighted by Gasteiger charge is 2.31. The lowest BCUT2D eigenvalue weighted by molar-refractivity contribution is -0.274. The van der Waals surface area contributed by atoms with E-state index in [1.54, 1.807) is 0 Å². The number of halogens is 4. The van der Waals surface area contributed by atoms with E-state index in [4.69, 9.17) is 5.11 Å². The third kappa shape index (κ3) is 6.95. The molecule has 2 N–H and O–H groups in total. The zero-order valence-electron chi connectivity index (χ0n) is 10.2. The van der Waals surface area contributed by atoms with Gasteiger partial charge in [-0.15, -0.1) is 13.2 Å². The minimum Gasteiger partial charge on any atom is -0.480 e. The SMILES string of the molecule is O=C(O)COCC(=O)Nc1ccc(OC(F)(F)F)c(Br)c1. The van der Waals surface area contributed by atoms with Gasteiger partial charge in [0.1, 0.15) is 19.0 Å². The number of ether oxygens (including phenoxy) is 2. The van der Waals surface area contributed by atoms with Gasteiger partial charge in [0.15, 0.2) is 0 Å². The van der Waals surface area contributed by atoms with Gasteiger partial charge in [0.25, 0.3) is 0 Å². The van der Waals surface area contributed by atoms with Crippen LogP contribution in [-0.2, 0) is 14.3 Å². The highest BCUT2D eigenvalue weighted by atomic mass is 79.9. The van der Waals surface area contributed by atoms with E-state index >= 15 is 0 Å². The Kier molecular flexibility index (Phi) is 5.97. The van der Waals surface area contributed by atoms with Gasteiger partial charge in [-0.25, -0.2) is 4.79 Å². The molecule has 116 valence electrons. The van der Waals surface area contributed by atoms with Gasteiger partial charge in [0.05, 0.1) is 4.47 Å². The number of nitrogens with one attached hydrogen (secondary N) is 1. The van der Waals surface area contributed by atoms with E-state index in [2.05, 4.69) is 30.7 Å². The summed E-state index contributed by atoms with van der Waals surface area (Å²) in [4.78, 5) is 21.5. The highest BCUT2D eigenvalue weighted by Crippen LogP contribution is 2.32. The second kappa shape index (κ2) is 7.27. The van der Waals surface area contributed by atoms with E-state index in [9.17, 15) is 22.8 Å². The number of hydrogen-bond acceptors (Lipinski definition) is 4. The molecule has 0 aliphatic carbocycles. The van der Waals surface area contributed by atoms with Crippen molar-refractivity contribution < 1.29 is 37.3 Å². The van der Waals surface area contributed by atoms with Crippen molar-refractivity contribution >= 4 is 33.5 Å². The summed E-state index contributed by atoms with van der Waals surface area (Å²) in [6.45, 7) is -1.12. The monoisotopic (exact) mass is 371 g/mol. The largest absolute Gasteiger partial charge is 0.573 e. The maximum Gasteiger partial charge on any atom is 0.573 e. The summed E-state index contributed by atoms with van der Waals surface area (Å²) in [5.41, 5.74) is 0.195. The molecule has 10 heteroatoms. The molecule has 0 unspecified atom stereocenters. The van der Waals surface area contributed by atoms with Gasteiger partial charge in [0.2, 0.25) is 5.91 Å². The highest BCUT2D eigenvalue weighted by molar-refractivity contribution is 9.10. The van der Waals surface area contributed by atoms with Crippen molar-refractivity contribution in [2.24, 2.45) is 0 Å². The Labute approximate surface area is 125 Å². The van der Waals surface area contributed by atoms with Crippen LogP contribution < -0.4 is 10.1 Å². The third-order valence-electron chi connectivity index (χ3n) is 1.90. The lowest BCUT2D eigenvalue weighted by atomic mass is 10.3. The van der Waals surface area contributed by atoms with Gasteiger partial charge < -0.3 is 19.9 Å². The minimum absolute atomic E-state index is 0.0101. The molecule has 1 amide bonds. The number of carbonyl (C=O) groups is 2. The van der Waals surface area contributed by atoms with E-state index in [1.807, 2.05) is 0 Å². The molecule has 0 atom stereocenters. The molecule has 0 aliphatic rings. The van der Waals surface area contributed by atoms with E-state index in [1.165, 1.54) is 12.1 Å².